The Morgan fingerprint density at radius 2 is 2.20 bits per heavy atom. The molecule has 2 heterocycles. The number of alkyl carbamates (subject to hydrolysis) is 1. The van der Waals surface area contributed by atoms with Crippen LogP contribution in [0.15, 0.2) is 12.3 Å². The smallest absolute Gasteiger partial charge is 0.407 e. The van der Waals surface area contributed by atoms with Crippen molar-refractivity contribution in [1.82, 2.24) is 25.3 Å². The van der Waals surface area contributed by atoms with Crippen molar-refractivity contribution in [3.8, 4) is 5.88 Å². The molecule has 3 rings (SSSR count). The van der Waals surface area contributed by atoms with E-state index in [1.54, 1.807) is 17.9 Å². The molecule has 1 aliphatic rings. The number of nitrogens with zero attached hydrogens (tertiary/aromatic N) is 3. The first-order valence-corrected chi connectivity index (χ1v) is 10.3. The summed E-state index contributed by atoms with van der Waals surface area (Å²) in [5.74, 6) is 0.964. The number of methoxy groups -OCH3 is 1. The summed E-state index contributed by atoms with van der Waals surface area (Å²) in [6.45, 7) is 3.85. The molecule has 3 N–H and O–H groups in total. The average molecular weight is 418 g/mol. The van der Waals surface area contributed by atoms with Gasteiger partial charge in [-0.15, -0.1) is 5.10 Å². The first-order chi connectivity index (χ1) is 14.4. The largest absolute Gasteiger partial charge is 0.480 e. The Morgan fingerprint density at radius 3 is 2.93 bits per heavy atom. The number of nitrogens with one attached hydrogen (secondary N) is 3. The number of carbonyl (C=O) groups excluding carboxylic acids is 2. The van der Waals surface area contributed by atoms with Crippen LogP contribution in [0.2, 0.25) is 0 Å². The molecule has 2 aromatic rings. The van der Waals surface area contributed by atoms with E-state index < -0.39 is 0 Å². The van der Waals surface area contributed by atoms with Crippen LogP contribution in [0, 0.1) is 0 Å². The minimum absolute atomic E-state index is 0.0749. The lowest BCUT2D eigenvalue weighted by Gasteiger charge is -2.16. The van der Waals surface area contributed by atoms with Crippen molar-refractivity contribution in [2.24, 2.45) is 7.05 Å². The molecule has 10 heteroatoms. The Balaban J connectivity index is 1.50. The highest BCUT2D eigenvalue weighted by atomic mass is 16.6. The van der Waals surface area contributed by atoms with Crippen LogP contribution < -0.4 is 15.4 Å². The molecule has 0 spiro atoms. The number of hydrogen-bond acceptors (Lipinski definition) is 6. The van der Waals surface area contributed by atoms with Gasteiger partial charge in [0.25, 0.3) is 0 Å². The number of aryl methyl sites for hydroxylation is 1. The molecular weight excluding hydrogens is 388 g/mol. The van der Waals surface area contributed by atoms with Crippen molar-refractivity contribution in [2.75, 3.05) is 12.4 Å². The molecule has 0 aliphatic heterocycles. The quantitative estimate of drug-likeness (QED) is 0.605. The minimum atomic E-state index is -0.363. The summed E-state index contributed by atoms with van der Waals surface area (Å²) in [7, 11) is 3.30. The Hall–Kier alpha value is -3.04. The summed E-state index contributed by atoms with van der Waals surface area (Å²) >= 11 is 0. The van der Waals surface area contributed by atoms with E-state index in [4.69, 9.17) is 9.47 Å². The topological polar surface area (TPSA) is 123 Å². The number of aromatic amines is 1. The maximum Gasteiger partial charge on any atom is 0.407 e. The molecule has 164 valence electrons. The van der Waals surface area contributed by atoms with E-state index in [9.17, 15) is 9.59 Å². The first-order valence-electron chi connectivity index (χ1n) is 10.3. The summed E-state index contributed by atoms with van der Waals surface area (Å²) in [5.41, 5.74) is 1.66. The molecular formula is C20H30N6O4. The molecule has 1 saturated carbocycles. The van der Waals surface area contributed by atoms with Crippen LogP contribution >= 0.6 is 0 Å². The Labute approximate surface area is 175 Å². The highest BCUT2D eigenvalue weighted by Crippen LogP contribution is 2.34. The van der Waals surface area contributed by atoms with Crippen LogP contribution in [-0.2, 0) is 23.0 Å². The summed E-state index contributed by atoms with van der Waals surface area (Å²) < 4.78 is 12.1. The van der Waals surface area contributed by atoms with Crippen LogP contribution in [0.25, 0.3) is 0 Å². The molecule has 0 bridgehead atoms. The highest BCUT2D eigenvalue weighted by molar-refractivity contribution is 5.91. The van der Waals surface area contributed by atoms with Crippen molar-refractivity contribution in [3.63, 3.8) is 0 Å². The van der Waals surface area contributed by atoms with Crippen LogP contribution in [0.5, 0.6) is 5.88 Å². The fourth-order valence-corrected chi connectivity index (χ4v) is 3.64. The van der Waals surface area contributed by atoms with E-state index in [-0.39, 0.29) is 36.5 Å². The lowest BCUT2D eigenvalue weighted by Crippen LogP contribution is -2.35. The average Bonchev–Trinajstić information content (AvgIpc) is 3.41. The zero-order chi connectivity index (χ0) is 21.7. The van der Waals surface area contributed by atoms with E-state index >= 15 is 0 Å². The summed E-state index contributed by atoms with van der Waals surface area (Å²) in [6, 6.07) is 1.93. The zero-order valence-corrected chi connectivity index (χ0v) is 17.9. The lowest BCUT2D eigenvalue weighted by molar-refractivity contribution is -0.115. The summed E-state index contributed by atoms with van der Waals surface area (Å²) in [4.78, 5) is 24.3. The SMILES string of the molecule is CCC(C)OC(=O)NC1CCC(c2cc(NC(=O)Cc3cn(C)nc3OC)n[nH]2)C1. The third kappa shape index (κ3) is 5.52. The predicted octanol–water partition coefficient (Wildman–Crippen LogP) is 2.49. The normalized spacial score (nSPS) is 19.3. The number of amides is 2. The van der Waals surface area contributed by atoms with Gasteiger partial charge in [0.15, 0.2) is 5.82 Å². The van der Waals surface area contributed by atoms with E-state index in [1.165, 1.54) is 7.11 Å². The molecule has 1 fully saturated rings. The number of carbonyl (C=O) groups is 2. The number of hydrogen-bond donors (Lipinski definition) is 3. The van der Waals surface area contributed by atoms with Gasteiger partial charge in [0.2, 0.25) is 11.8 Å². The van der Waals surface area contributed by atoms with Gasteiger partial charge in [0, 0.05) is 42.5 Å². The molecule has 10 nitrogen and oxygen atoms in total. The molecule has 30 heavy (non-hydrogen) atoms. The second-order valence-electron chi connectivity index (χ2n) is 7.75. The second kappa shape index (κ2) is 9.64. The highest BCUT2D eigenvalue weighted by Gasteiger charge is 2.29. The summed E-state index contributed by atoms with van der Waals surface area (Å²) in [5, 5.41) is 17.1. The number of ether oxygens (including phenoxy) is 2. The molecule has 3 unspecified atom stereocenters. The van der Waals surface area contributed by atoms with E-state index in [0.717, 1.165) is 31.4 Å². The van der Waals surface area contributed by atoms with Crippen LogP contribution in [0.4, 0.5) is 10.6 Å². The molecule has 0 saturated heterocycles. The molecule has 3 atom stereocenters. The van der Waals surface area contributed by atoms with Gasteiger partial charge in [0.05, 0.1) is 13.5 Å². The van der Waals surface area contributed by atoms with Gasteiger partial charge in [-0.1, -0.05) is 6.92 Å². The molecule has 1 aliphatic carbocycles. The standard InChI is InChI=1S/C20H30N6O4/c1-5-12(2)30-20(28)21-15-7-6-13(8-15)16-10-17(24-23-16)22-18(27)9-14-11-26(3)25-19(14)29-4/h10-13,15H,5-9H2,1-4H3,(H,21,28)(H2,22,23,24,27). The van der Waals surface area contributed by atoms with Gasteiger partial charge in [-0.25, -0.2) is 4.79 Å². The Morgan fingerprint density at radius 1 is 1.40 bits per heavy atom. The Bertz CT molecular complexity index is 877. The number of rotatable bonds is 8. The van der Waals surface area contributed by atoms with Crippen molar-refractivity contribution in [3.05, 3.63) is 23.5 Å². The van der Waals surface area contributed by atoms with Crippen LogP contribution in [0.3, 0.4) is 0 Å². The van der Waals surface area contributed by atoms with Gasteiger partial charge in [0.1, 0.15) is 6.10 Å². The monoisotopic (exact) mass is 418 g/mol. The Kier molecular flexibility index (Phi) is 6.96. The third-order valence-electron chi connectivity index (χ3n) is 5.35. The molecule has 0 aromatic carbocycles. The number of H-pyrrole nitrogens is 1. The van der Waals surface area contributed by atoms with Gasteiger partial charge < -0.3 is 20.1 Å². The van der Waals surface area contributed by atoms with E-state index in [0.29, 0.717) is 17.3 Å². The zero-order valence-electron chi connectivity index (χ0n) is 17.9. The van der Waals surface area contributed by atoms with Crippen LogP contribution in [-0.4, -0.2) is 51.2 Å². The van der Waals surface area contributed by atoms with Crippen LogP contribution in [0.1, 0.15) is 56.7 Å². The predicted molar refractivity (Wildman–Crippen MR) is 110 cm³/mol. The van der Waals surface area contributed by atoms with Crippen molar-refractivity contribution in [2.45, 2.75) is 64.0 Å². The lowest BCUT2D eigenvalue weighted by atomic mass is 10.0. The second-order valence-corrected chi connectivity index (χ2v) is 7.75. The number of aromatic nitrogens is 4. The fraction of sp³-hybridized carbons (Fsp3) is 0.600. The van der Waals surface area contributed by atoms with Gasteiger partial charge in [-0.3, -0.25) is 14.6 Å². The van der Waals surface area contributed by atoms with Crippen molar-refractivity contribution >= 4 is 17.8 Å². The first kappa shape index (κ1) is 21.7. The van der Waals surface area contributed by atoms with Gasteiger partial charge in [-0.2, -0.15) is 5.10 Å². The maximum atomic E-state index is 12.4. The van der Waals surface area contributed by atoms with E-state index in [1.807, 2.05) is 19.9 Å². The summed E-state index contributed by atoms with van der Waals surface area (Å²) in [6.07, 6.45) is 4.85. The van der Waals surface area contributed by atoms with Crippen molar-refractivity contribution in [1.29, 1.82) is 0 Å². The van der Waals surface area contributed by atoms with Gasteiger partial charge >= 0.3 is 6.09 Å². The third-order valence-corrected chi connectivity index (χ3v) is 5.35. The van der Waals surface area contributed by atoms with Crippen molar-refractivity contribution < 1.29 is 19.1 Å². The molecule has 2 aromatic heterocycles. The fourth-order valence-electron chi connectivity index (χ4n) is 3.64. The molecule has 0 radical (unpaired) electrons. The maximum absolute atomic E-state index is 12.4. The molecule has 2 amide bonds. The number of anilines is 1. The van der Waals surface area contributed by atoms with Gasteiger partial charge in [-0.05, 0) is 32.6 Å². The van der Waals surface area contributed by atoms with E-state index in [2.05, 4.69) is 25.9 Å². The minimum Gasteiger partial charge on any atom is -0.480 e.